The van der Waals surface area contributed by atoms with E-state index >= 15 is 0 Å². The molecule has 1 aromatic rings. The van der Waals surface area contributed by atoms with Crippen LogP contribution < -0.4 is 11.3 Å². The van der Waals surface area contributed by atoms with Crippen molar-refractivity contribution in [2.45, 2.75) is 40.0 Å². The molecule has 3 N–H and O–H groups in total. The number of amides is 1. The van der Waals surface area contributed by atoms with Gasteiger partial charge < -0.3 is 10.3 Å². The van der Waals surface area contributed by atoms with Crippen LogP contribution in [0.1, 0.15) is 56.3 Å². The number of rotatable bonds is 6. The van der Waals surface area contributed by atoms with Crippen LogP contribution in [0.15, 0.2) is 6.20 Å². The first-order chi connectivity index (χ1) is 9.40. The van der Waals surface area contributed by atoms with Crippen molar-refractivity contribution in [1.82, 2.24) is 14.9 Å². The number of nitrogens with zero attached hydrogens (tertiary/aromatic N) is 3. The first kappa shape index (κ1) is 16.4. The van der Waals surface area contributed by atoms with Crippen molar-refractivity contribution in [2.24, 2.45) is 11.8 Å². The Balaban J connectivity index is 3.03. The van der Waals surface area contributed by atoms with Gasteiger partial charge in [0, 0.05) is 19.5 Å². The van der Waals surface area contributed by atoms with Gasteiger partial charge >= 0.3 is 0 Å². The second-order valence-corrected chi connectivity index (χ2v) is 5.49. The molecule has 0 saturated heterocycles. The Morgan fingerprint density at radius 2 is 2.10 bits per heavy atom. The summed E-state index contributed by atoms with van der Waals surface area (Å²) in [5.74, 6) is 6.56. The van der Waals surface area contributed by atoms with Crippen LogP contribution in [0.2, 0.25) is 0 Å². The van der Waals surface area contributed by atoms with Crippen molar-refractivity contribution >= 4 is 11.6 Å². The minimum atomic E-state index is -0.137. The first-order valence-electron chi connectivity index (χ1n) is 6.99. The largest absolute Gasteiger partial charge is 0.340 e. The van der Waals surface area contributed by atoms with Gasteiger partial charge in [-0.2, -0.15) is 0 Å². The van der Waals surface area contributed by atoms with Crippen molar-refractivity contribution in [3.63, 3.8) is 0 Å². The normalized spacial score (nSPS) is 12.3. The molecule has 0 aliphatic rings. The maximum atomic E-state index is 12.5. The van der Waals surface area contributed by atoms with Crippen LogP contribution in [-0.2, 0) is 0 Å². The molecule has 1 heterocycles. The standard InChI is InChI=1S/C14H25N5O/c1-6-10(4)8-19(5)14(20)12-11(18-15)7-16-13(17-12)9(2)3/h7,9-10,18H,6,8,15H2,1-5H3. The molecule has 1 unspecified atom stereocenters. The summed E-state index contributed by atoms with van der Waals surface area (Å²) in [5.41, 5.74) is 3.28. The molecule has 0 aliphatic carbocycles. The lowest BCUT2D eigenvalue weighted by molar-refractivity contribution is 0.0769. The molecular weight excluding hydrogens is 254 g/mol. The molecule has 0 saturated carbocycles. The third kappa shape index (κ3) is 3.90. The SMILES string of the molecule is CCC(C)CN(C)C(=O)c1nc(C(C)C)ncc1NN. The number of nitrogen functional groups attached to an aromatic ring is 1. The summed E-state index contributed by atoms with van der Waals surface area (Å²) in [4.78, 5) is 22.7. The minimum Gasteiger partial charge on any atom is -0.340 e. The number of carbonyl (C=O) groups excluding carboxylic acids is 1. The molecule has 1 rings (SSSR count). The van der Waals surface area contributed by atoms with Gasteiger partial charge in [-0.05, 0) is 5.92 Å². The Morgan fingerprint density at radius 3 is 2.60 bits per heavy atom. The van der Waals surface area contributed by atoms with E-state index in [0.29, 0.717) is 29.7 Å². The van der Waals surface area contributed by atoms with Gasteiger partial charge in [0.25, 0.3) is 5.91 Å². The molecule has 1 aromatic heterocycles. The van der Waals surface area contributed by atoms with Gasteiger partial charge in [-0.1, -0.05) is 34.1 Å². The van der Waals surface area contributed by atoms with Crippen molar-refractivity contribution in [2.75, 3.05) is 19.0 Å². The van der Waals surface area contributed by atoms with Gasteiger partial charge in [-0.3, -0.25) is 10.6 Å². The fourth-order valence-electron chi connectivity index (χ4n) is 1.80. The van der Waals surface area contributed by atoms with Crippen LogP contribution in [0.5, 0.6) is 0 Å². The number of aromatic nitrogens is 2. The highest BCUT2D eigenvalue weighted by Crippen LogP contribution is 2.17. The summed E-state index contributed by atoms with van der Waals surface area (Å²) < 4.78 is 0. The van der Waals surface area contributed by atoms with E-state index in [9.17, 15) is 4.79 Å². The number of hydrazine groups is 1. The molecule has 1 atom stereocenters. The molecule has 0 spiro atoms. The average molecular weight is 279 g/mol. The Bertz CT molecular complexity index is 461. The Hall–Kier alpha value is -1.69. The topological polar surface area (TPSA) is 84.1 Å². The fraction of sp³-hybridized carbons (Fsp3) is 0.643. The van der Waals surface area contributed by atoms with Crippen LogP contribution in [-0.4, -0.2) is 34.4 Å². The zero-order valence-corrected chi connectivity index (χ0v) is 13.0. The van der Waals surface area contributed by atoms with Crippen molar-refractivity contribution in [1.29, 1.82) is 0 Å². The predicted octanol–water partition coefficient (Wildman–Crippen LogP) is 2.00. The number of carbonyl (C=O) groups is 1. The highest BCUT2D eigenvalue weighted by molar-refractivity contribution is 5.97. The van der Waals surface area contributed by atoms with Crippen LogP contribution >= 0.6 is 0 Å². The molecule has 0 bridgehead atoms. The maximum Gasteiger partial charge on any atom is 0.274 e. The summed E-state index contributed by atoms with van der Waals surface area (Å²) in [7, 11) is 1.78. The number of anilines is 1. The lowest BCUT2D eigenvalue weighted by Crippen LogP contribution is -2.32. The lowest BCUT2D eigenvalue weighted by Gasteiger charge is -2.21. The molecule has 0 fully saturated rings. The zero-order chi connectivity index (χ0) is 15.3. The van der Waals surface area contributed by atoms with Crippen LogP contribution in [0.4, 0.5) is 5.69 Å². The van der Waals surface area contributed by atoms with E-state index in [4.69, 9.17) is 5.84 Å². The van der Waals surface area contributed by atoms with Gasteiger partial charge in [-0.15, -0.1) is 0 Å². The van der Waals surface area contributed by atoms with Gasteiger partial charge in [-0.25, -0.2) is 9.97 Å². The highest BCUT2D eigenvalue weighted by Gasteiger charge is 2.20. The summed E-state index contributed by atoms with van der Waals surface area (Å²) in [6, 6.07) is 0. The monoisotopic (exact) mass is 279 g/mol. The smallest absolute Gasteiger partial charge is 0.274 e. The molecular formula is C14H25N5O. The summed E-state index contributed by atoms with van der Waals surface area (Å²) in [5, 5.41) is 0. The van der Waals surface area contributed by atoms with E-state index in [0.717, 1.165) is 6.42 Å². The van der Waals surface area contributed by atoms with E-state index in [1.807, 2.05) is 13.8 Å². The fourth-order valence-corrected chi connectivity index (χ4v) is 1.80. The quantitative estimate of drug-likeness (QED) is 0.614. The number of nitrogens with two attached hydrogens (primary N) is 1. The van der Waals surface area contributed by atoms with Crippen molar-refractivity contribution in [3.05, 3.63) is 17.7 Å². The van der Waals surface area contributed by atoms with E-state index in [-0.39, 0.29) is 11.8 Å². The summed E-state index contributed by atoms with van der Waals surface area (Å²) in [6.07, 6.45) is 2.59. The van der Waals surface area contributed by atoms with E-state index in [1.54, 1.807) is 18.1 Å². The number of hydrogen-bond donors (Lipinski definition) is 2. The minimum absolute atomic E-state index is 0.137. The summed E-state index contributed by atoms with van der Waals surface area (Å²) in [6.45, 7) is 8.90. The molecule has 1 amide bonds. The first-order valence-corrected chi connectivity index (χ1v) is 6.99. The molecule has 0 radical (unpaired) electrons. The Morgan fingerprint density at radius 1 is 1.45 bits per heavy atom. The zero-order valence-electron chi connectivity index (χ0n) is 13.0. The molecule has 20 heavy (non-hydrogen) atoms. The number of nitrogens with one attached hydrogen (secondary N) is 1. The van der Waals surface area contributed by atoms with Crippen LogP contribution in [0.25, 0.3) is 0 Å². The lowest BCUT2D eigenvalue weighted by atomic mass is 10.1. The Labute approximate surface area is 120 Å². The molecule has 0 aliphatic heterocycles. The van der Waals surface area contributed by atoms with E-state index < -0.39 is 0 Å². The van der Waals surface area contributed by atoms with Crippen LogP contribution in [0.3, 0.4) is 0 Å². The third-order valence-corrected chi connectivity index (χ3v) is 3.31. The second-order valence-electron chi connectivity index (χ2n) is 5.49. The van der Waals surface area contributed by atoms with E-state index in [2.05, 4.69) is 29.2 Å². The van der Waals surface area contributed by atoms with Crippen LogP contribution in [0, 0.1) is 5.92 Å². The van der Waals surface area contributed by atoms with Crippen molar-refractivity contribution in [3.8, 4) is 0 Å². The molecule has 6 heteroatoms. The number of hydrogen-bond acceptors (Lipinski definition) is 5. The van der Waals surface area contributed by atoms with Crippen molar-refractivity contribution < 1.29 is 4.79 Å². The van der Waals surface area contributed by atoms with Gasteiger partial charge in [0.05, 0.1) is 11.9 Å². The third-order valence-electron chi connectivity index (χ3n) is 3.31. The Kier molecular flexibility index (Phi) is 5.88. The van der Waals surface area contributed by atoms with Gasteiger partial charge in [0.1, 0.15) is 5.82 Å². The molecule has 6 nitrogen and oxygen atoms in total. The molecule has 112 valence electrons. The predicted molar refractivity (Wildman–Crippen MR) is 80.3 cm³/mol. The van der Waals surface area contributed by atoms with Gasteiger partial charge in [0.15, 0.2) is 5.69 Å². The highest BCUT2D eigenvalue weighted by atomic mass is 16.2. The second kappa shape index (κ2) is 7.19. The maximum absolute atomic E-state index is 12.5. The van der Waals surface area contributed by atoms with Gasteiger partial charge in [0.2, 0.25) is 0 Å². The van der Waals surface area contributed by atoms with E-state index in [1.165, 1.54) is 0 Å². The average Bonchev–Trinajstić information content (AvgIpc) is 2.45. The summed E-state index contributed by atoms with van der Waals surface area (Å²) >= 11 is 0. The molecule has 0 aromatic carbocycles.